The number of aliphatic hydroxyl groups excluding tert-OH is 1. The lowest BCUT2D eigenvalue weighted by Gasteiger charge is -2.35. The molecule has 1 N–H and O–H groups in total. The molecule has 0 saturated carbocycles. The topological polar surface area (TPSA) is 72.1 Å². The van der Waals surface area contributed by atoms with Gasteiger partial charge in [-0.15, -0.1) is 0 Å². The van der Waals surface area contributed by atoms with Gasteiger partial charge in [0, 0.05) is 18.1 Å². The highest BCUT2D eigenvalue weighted by Crippen LogP contribution is 2.22. The lowest BCUT2D eigenvalue weighted by atomic mass is 10.0. The summed E-state index contributed by atoms with van der Waals surface area (Å²) in [7, 11) is 1.31. The molecule has 1 aromatic heterocycles. The Labute approximate surface area is 150 Å². The molecule has 2 heterocycles. The van der Waals surface area contributed by atoms with Gasteiger partial charge in [0.1, 0.15) is 23.7 Å². The Hall–Kier alpha value is -2.02. The predicted molar refractivity (Wildman–Crippen MR) is 91.8 cm³/mol. The number of likely N-dealkylation sites (tertiary alicyclic amines) is 1. The van der Waals surface area contributed by atoms with Crippen LogP contribution in [0, 0.1) is 0 Å². The maximum absolute atomic E-state index is 11.4. The van der Waals surface area contributed by atoms with Crippen LogP contribution in [0.4, 0.5) is 0 Å². The van der Waals surface area contributed by atoms with E-state index in [1.54, 1.807) is 36.4 Å². The van der Waals surface area contributed by atoms with Gasteiger partial charge in [0.15, 0.2) is 0 Å². The third-order valence-corrected chi connectivity index (χ3v) is 4.39. The fraction of sp³-hybridized carbons (Fsp3) is 0.389. The molecule has 0 aliphatic carbocycles. The highest BCUT2D eigenvalue weighted by molar-refractivity contribution is 6.30. The molecule has 0 unspecified atom stereocenters. The molecular weight excluding hydrogens is 346 g/mol. The van der Waals surface area contributed by atoms with E-state index in [1.807, 2.05) is 0 Å². The van der Waals surface area contributed by atoms with Crippen molar-refractivity contribution in [3.05, 3.63) is 52.9 Å². The van der Waals surface area contributed by atoms with E-state index in [1.165, 1.54) is 7.11 Å². The number of halogens is 1. The maximum Gasteiger partial charge on any atom is 0.373 e. The van der Waals surface area contributed by atoms with Crippen molar-refractivity contribution in [2.45, 2.75) is 25.2 Å². The highest BCUT2D eigenvalue weighted by atomic mass is 35.5. The predicted octanol–water partition coefficient (Wildman–Crippen LogP) is 2.73. The van der Waals surface area contributed by atoms with Crippen molar-refractivity contribution >= 4 is 17.6 Å². The lowest BCUT2D eigenvalue weighted by molar-refractivity contribution is -0.0290. The van der Waals surface area contributed by atoms with Gasteiger partial charge in [0.2, 0.25) is 5.76 Å². The Morgan fingerprint density at radius 2 is 2.08 bits per heavy atom. The number of piperidine rings is 1. The number of methoxy groups -OCH3 is 1. The summed E-state index contributed by atoms with van der Waals surface area (Å²) < 4.78 is 15.9. The molecule has 0 bridgehead atoms. The van der Waals surface area contributed by atoms with Crippen molar-refractivity contribution in [3.63, 3.8) is 0 Å². The molecule has 2 atom stereocenters. The van der Waals surface area contributed by atoms with Gasteiger partial charge in [0.05, 0.1) is 13.7 Å². The summed E-state index contributed by atoms with van der Waals surface area (Å²) in [5.74, 6) is 1.03. The normalized spacial score (nSPS) is 21.1. The number of rotatable bonds is 5. The first-order valence-electron chi connectivity index (χ1n) is 8.05. The van der Waals surface area contributed by atoms with E-state index in [9.17, 15) is 9.90 Å². The fourth-order valence-corrected chi connectivity index (χ4v) is 2.96. The zero-order valence-electron chi connectivity index (χ0n) is 13.9. The molecule has 1 fully saturated rings. The number of hydrogen-bond donors (Lipinski definition) is 1. The molecule has 0 spiro atoms. The van der Waals surface area contributed by atoms with Crippen molar-refractivity contribution in [2.24, 2.45) is 0 Å². The van der Waals surface area contributed by atoms with Crippen molar-refractivity contribution in [2.75, 3.05) is 20.2 Å². The largest absolute Gasteiger partial charge is 0.488 e. The number of esters is 1. The van der Waals surface area contributed by atoms with E-state index in [-0.39, 0.29) is 11.9 Å². The summed E-state index contributed by atoms with van der Waals surface area (Å²) >= 11 is 5.86. The SMILES string of the molecule is COC(=O)c1ccc(CN2CC[C@@H](Oc3ccc(Cl)cc3)[C@H](O)C2)o1. The van der Waals surface area contributed by atoms with Crippen LogP contribution < -0.4 is 4.74 Å². The third-order valence-electron chi connectivity index (χ3n) is 4.13. The summed E-state index contributed by atoms with van der Waals surface area (Å²) in [5.41, 5.74) is 0. The van der Waals surface area contributed by atoms with Crippen LogP contribution in [0.3, 0.4) is 0 Å². The molecule has 7 heteroatoms. The van der Waals surface area contributed by atoms with Gasteiger partial charge < -0.3 is 19.0 Å². The second-order valence-electron chi connectivity index (χ2n) is 5.96. The van der Waals surface area contributed by atoms with Gasteiger partial charge in [-0.05, 0) is 42.8 Å². The smallest absolute Gasteiger partial charge is 0.373 e. The number of hydrogen-bond acceptors (Lipinski definition) is 6. The number of carbonyl (C=O) groups is 1. The maximum atomic E-state index is 11.4. The zero-order valence-corrected chi connectivity index (χ0v) is 14.6. The fourth-order valence-electron chi connectivity index (χ4n) is 2.84. The van der Waals surface area contributed by atoms with Crippen LogP contribution in [-0.4, -0.2) is 48.4 Å². The molecule has 6 nitrogen and oxygen atoms in total. The molecule has 1 aromatic carbocycles. The Balaban J connectivity index is 1.53. The Morgan fingerprint density at radius 3 is 2.76 bits per heavy atom. The van der Waals surface area contributed by atoms with Crippen LogP contribution >= 0.6 is 11.6 Å². The van der Waals surface area contributed by atoms with Crippen LogP contribution in [0.2, 0.25) is 5.02 Å². The standard InChI is InChI=1S/C18H20ClNO5/c1-23-18(22)17-7-6-14(25-17)10-20-9-8-16(15(21)11-20)24-13-4-2-12(19)3-5-13/h2-7,15-16,21H,8-11H2,1H3/t15-,16-/m1/s1. The molecule has 134 valence electrons. The van der Waals surface area contributed by atoms with Gasteiger partial charge in [0.25, 0.3) is 0 Å². The average Bonchev–Trinajstić information content (AvgIpc) is 3.07. The molecule has 0 amide bonds. The van der Waals surface area contributed by atoms with Crippen LogP contribution in [0.25, 0.3) is 0 Å². The Kier molecular flexibility index (Phi) is 5.63. The zero-order chi connectivity index (χ0) is 17.8. The van der Waals surface area contributed by atoms with E-state index in [4.69, 9.17) is 20.8 Å². The van der Waals surface area contributed by atoms with Crippen molar-refractivity contribution < 1.29 is 23.8 Å². The van der Waals surface area contributed by atoms with Crippen LogP contribution in [0.15, 0.2) is 40.8 Å². The summed E-state index contributed by atoms with van der Waals surface area (Å²) in [4.78, 5) is 13.5. The molecule has 3 rings (SSSR count). The number of β-amino-alcohol motifs (C(OH)–C–C–N with tert-alkyl or cyclic N) is 1. The van der Waals surface area contributed by atoms with Crippen LogP contribution in [0.5, 0.6) is 5.75 Å². The Morgan fingerprint density at radius 1 is 1.32 bits per heavy atom. The first-order chi connectivity index (χ1) is 12.0. The van der Waals surface area contributed by atoms with Gasteiger partial charge >= 0.3 is 5.97 Å². The molecular formula is C18H20ClNO5. The minimum Gasteiger partial charge on any atom is -0.488 e. The minimum absolute atomic E-state index is 0.180. The van der Waals surface area contributed by atoms with Crippen molar-refractivity contribution in [1.82, 2.24) is 4.90 Å². The number of ether oxygens (including phenoxy) is 2. The number of furan rings is 1. The summed E-state index contributed by atoms with van der Waals surface area (Å²) in [5, 5.41) is 11.0. The van der Waals surface area contributed by atoms with Gasteiger partial charge in [-0.2, -0.15) is 0 Å². The Bertz CT molecular complexity index is 715. The first-order valence-corrected chi connectivity index (χ1v) is 8.42. The van der Waals surface area contributed by atoms with Crippen molar-refractivity contribution in [3.8, 4) is 5.75 Å². The monoisotopic (exact) mass is 365 g/mol. The number of nitrogens with zero attached hydrogens (tertiary/aromatic N) is 1. The van der Waals surface area contributed by atoms with Crippen LogP contribution in [-0.2, 0) is 11.3 Å². The number of benzene rings is 1. The van der Waals surface area contributed by atoms with Gasteiger partial charge in [-0.25, -0.2) is 4.79 Å². The summed E-state index contributed by atoms with van der Waals surface area (Å²) in [6, 6.07) is 10.4. The van der Waals surface area contributed by atoms with E-state index in [0.717, 1.165) is 6.54 Å². The van der Waals surface area contributed by atoms with E-state index in [2.05, 4.69) is 9.64 Å². The number of carbonyl (C=O) groups excluding carboxylic acids is 1. The molecule has 1 aliphatic heterocycles. The highest BCUT2D eigenvalue weighted by Gasteiger charge is 2.29. The first kappa shape index (κ1) is 17.8. The minimum atomic E-state index is -0.612. The number of aliphatic hydroxyl groups is 1. The second kappa shape index (κ2) is 7.91. The molecule has 1 aliphatic rings. The molecule has 2 aromatic rings. The van der Waals surface area contributed by atoms with E-state index >= 15 is 0 Å². The van der Waals surface area contributed by atoms with E-state index < -0.39 is 12.1 Å². The van der Waals surface area contributed by atoms with Crippen molar-refractivity contribution in [1.29, 1.82) is 0 Å². The summed E-state index contributed by atoms with van der Waals surface area (Å²) in [6.07, 6.45) is -0.187. The van der Waals surface area contributed by atoms with Gasteiger partial charge in [-0.1, -0.05) is 11.6 Å². The van der Waals surface area contributed by atoms with Crippen LogP contribution in [0.1, 0.15) is 22.7 Å². The average molecular weight is 366 g/mol. The quantitative estimate of drug-likeness (QED) is 0.821. The van der Waals surface area contributed by atoms with Gasteiger partial charge in [-0.3, -0.25) is 4.90 Å². The second-order valence-corrected chi connectivity index (χ2v) is 6.40. The summed E-state index contributed by atoms with van der Waals surface area (Å²) in [6.45, 7) is 1.73. The lowest BCUT2D eigenvalue weighted by Crippen LogP contribution is -2.48. The molecule has 0 radical (unpaired) electrons. The van der Waals surface area contributed by atoms with E-state index in [0.29, 0.717) is 36.0 Å². The molecule has 1 saturated heterocycles. The molecule has 25 heavy (non-hydrogen) atoms. The third kappa shape index (κ3) is 4.54.